The Hall–Kier alpha value is -3.10. The first-order chi connectivity index (χ1) is 13.1. The third-order valence-electron chi connectivity index (χ3n) is 4.12. The van der Waals surface area contributed by atoms with Crippen molar-refractivity contribution >= 4 is 16.9 Å². The van der Waals surface area contributed by atoms with E-state index >= 15 is 0 Å². The lowest BCUT2D eigenvalue weighted by Crippen LogP contribution is -2.23. The Bertz CT molecular complexity index is 1010. The molecule has 1 aromatic carbocycles. The van der Waals surface area contributed by atoms with E-state index < -0.39 is 12.8 Å². The van der Waals surface area contributed by atoms with Crippen molar-refractivity contribution in [3.8, 4) is 5.75 Å². The van der Waals surface area contributed by atoms with Crippen LogP contribution in [0.15, 0.2) is 30.3 Å². The number of ether oxygens (including phenoxy) is 1. The molecule has 0 fully saturated rings. The van der Waals surface area contributed by atoms with Gasteiger partial charge in [-0.05, 0) is 37.6 Å². The minimum absolute atomic E-state index is 0.116. The van der Waals surface area contributed by atoms with Crippen LogP contribution in [0.1, 0.15) is 27.3 Å². The molecule has 0 saturated carbocycles. The Labute approximate surface area is 159 Å². The van der Waals surface area contributed by atoms with Gasteiger partial charge in [-0.3, -0.25) is 9.48 Å². The van der Waals surface area contributed by atoms with Gasteiger partial charge in [0.2, 0.25) is 0 Å². The molecule has 0 spiro atoms. The van der Waals surface area contributed by atoms with E-state index in [4.69, 9.17) is 0 Å². The van der Waals surface area contributed by atoms with Crippen LogP contribution in [0.2, 0.25) is 0 Å². The summed E-state index contributed by atoms with van der Waals surface area (Å²) in [6.07, 6.45) is -4.38. The van der Waals surface area contributed by atoms with Crippen LogP contribution in [0.3, 0.4) is 0 Å². The van der Waals surface area contributed by atoms with E-state index in [1.165, 1.54) is 12.1 Å². The number of nitrogens with one attached hydrogen (secondary N) is 1. The van der Waals surface area contributed by atoms with Crippen LogP contribution in [0.25, 0.3) is 11.0 Å². The van der Waals surface area contributed by atoms with Crippen LogP contribution in [-0.4, -0.2) is 33.5 Å². The SMILES string of the molecule is Cc1cc(C(=O)NCc2ccc(OCC(F)(F)F)cc2)c2c(C)nn(C)c2n1. The van der Waals surface area contributed by atoms with Gasteiger partial charge in [0.1, 0.15) is 5.75 Å². The summed E-state index contributed by atoms with van der Waals surface area (Å²) >= 11 is 0. The molecule has 2 heterocycles. The summed E-state index contributed by atoms with van der Waals surface area (Å²) in [5.74, 6) is -0.158. The molecule has 1 amide bonds. The van der Waals surface area contributed by atoms with Crippen molar-refractivity contribution in [1.29, 1.82) is 0 Å². The van der Waals surface area contributed by atoms with E-state index in [1.54, 1.807) is 36.9 Å². The molecule has 0 saturated heterocycles. The predicted molar refractivity (Wildman–Crippen MR) is 97.1 cm³/mol. The molecule has 3 aromatic rings. The number of benzene rings is 1. The summed E-state index contributed by atoms with van der Waals surface area (Å²) in [5.41, 5.74) is 3.26. The van der Waals surface area contributed by atoms with Crippen molar-refractivity contribution < 1.29 is 22.7 Å². The molecular weight excluding hydrogens is 373 g/mol. The van der Waals surface area contributed by atoms with E-state index in [9.17, 15) is 18.0 Å². The average Bonchev–Trinajstić information content (AvgIpc) is 2.91. The molecule has 0 aliphatic rings. The highest BCUT2D eigenvalue weighted by molar-refractivity contribution is 6.06. The fourth-order valence-corrected chi connectivity index (χ4v) is 2.90. The lowest BCUT2D eigenvalue weighted by atomic mass is 10.1. The van der Waals surface area contributed by atoms with E-state index in [1.807, 2.05) is 6.92 Å². The Morgan fingerprint density at radius 2 is 1.89 bits per heavy atom. The summed E-state index contributed by atoms with van der Waals surface area (Å²) in [7, 11) is 1.77. The largest absolute Gasteiger partial charge is 0.484 e. The van der Waals surface area contributed by atoms with Crippen molar-refractivity contribution in [2.45, 2.75) is 26.6 Å². The highest BCUT2D eigenvalue weighted by Crippen LogP contribution is 2.22. The molecule has 3 rings (SSSR count). The first-order valence-electron chi connectivity index (χ1n) is 8.51. The molecule has 0 radical (unpaired) electrons. The monoisotopic (exact) mass is 392 g/mol. The number of nitrogens with zero attached hydrogens (tertiary/aromatic N) is 3. The molecule has 0 aliphatic carbocycles. The lowest BCUT2D eigenvalue weighted by Gasteiger charge is -2.10. The number of hydrogen-bond acceptors (Lipinski definition) is 4. The number of carbonyl (C=O) groups is 1. The number of aromatic nitrogens is 3. The van der Waals surface area contributed by atoms with Gasteiger partial charge in [-0.2, -0.15) is 18.3 Å². The Balaban J connectivity index is 1.70. The maximum Gasteiger partial charge on any atom is 0.422 e. The highest BCUT2D eigenvalue weighted by Gasteiger charge is 2.28. The first-order valence-corrected chi connectivity index (χ1v) is 8.51. The van der Waals surface area contributed by atoms with Gasteiger partial charge in [-0.15, -0.1) is 0 Å². The van der Waals surface area contributed by atoms with Crippen molar-refractivity contribution in [3.63, 3.8) is 0 Å². The number of amides is 1. The Kier molecular flexibility index (Phi) is 5.26. The third kappa shape index (κ3) is 4.41. The van der Waals surface area contributed by atoms with Gasteiger partial charge in [0, 0.05) is 19.3 Å². The lowest BCUT2D eigenvalue weighted by molar-refractivity contribution is -0.153. The normalized spacial score (nSPS) is 11.6. The van der Waals surface area contributed by atoms with Gasteiger partial charge in [0.15, 0.2) is 12.3 Å². The first kappa shape index (κ1) is 19.7. The summed E-state index contributed by atoms with van der Waals surface area (Å²) < 4.78 is 42.8. The molecule has 0 atom stereocenters. The second-order valence-electron chi connectivity index (χ2n) is 6.45. The average molecular weight is 392 g/mol. The number of halogens is 3. The topological polar surface area (TPSA) is 69.0 Å². The van der Waals surface area contributed by atoms with Gasteiger partial charge < -0.3 is 10.1 Å². The van der Waals surface area contributed by atoms with Crippen LogP contribution < -0.4 is 10.1 Å². The fourth-order valence-electron chi connectivity index (χ4n) is 2.90. The van der Waals surface area contributed by atoms with Crippen LogP contribution in [-0.2, 0) is 13.6 Å². The predicted octanol–water partition coefficient (Wildman–Crippen LogP) is 3.46. The van der Waals surface area contributed by atoms with Gasteiger partial charge in [-0.25, -0.2) is 4.98 Å². The number of carbonyl (C=O) groups excluding carboxylic acids is 1. The molecule has 0 bridgehead atoms. The molecule has 6 nitrogen and oxygen atoms in total. The smallest absolute Gasteiger partial charge is 0.422 e. The second kappa shape index (κ2) is 7.49. The molecule has 1 N–H and O–H groups in total. The summed E-state index contributed by atoms with van der Waals surface area (Å²) in [6, 6.07) is 7.80. The number of pyridine rings is 1. The molecule has 9 heteroatoms. The molecular formula is C19H19F3N4O2. The number of rotatable bonds is 5. The van der Waals surface area contributed by atoms with E-state index in [0.29, 0.717) is 28.0 Å². The van der Waals surface area contributed by atoms with Crippen LogP contribution >= 0.6 is 0 Å². The highest BCUT2D eigenvalue weighted by atomic mass is 19.4. The zero-order valence-electron chi connectivity index (χ0n) is 15.6. The van der Waals surface area contributed by atoms with Crippen molar-refractivity contribution in [1.82, 2.24) is 20.1 Å². The molecule has 148 valence electrons. The van der Waals surface area contributed by atoms with Crippen LogP contribution in [0.4, 0.5) is 13.2 Å². The zero-order chi connectivity index (χ0) is 20.5. The van der Waals surface area contributed by atoms with Gasteiger partial charge in [0.25, 0.3) is 5.91 Å². The standard InChI is InChI=1S/C19H19F3N4O2/c1-11-8-15(16-12(2)25-26(3)17(16)24-11)18(27)23-9-13-4-6-14(7-5-13)28-10-19(20,21)22/h4-8H,9-10H2,1-3H3,(H,23,27). The Morgan fingerprint density at radius 1 is 1.21 bits per heavy atom. The molecule has 0 unspecified atom stereocenters. The Morgan fingerprint density at radius 3 is 2.54 bits per heavy atom. The number of hydrogen-bond donors (Lipinski definition) is 1. The summed E-state index contributed by atoms with van der Waals surface area (Å²) in [4.78, 5) is 17.1. The van der Waals surface area contributed by atoms with Gasteiger partial charge >= 0.3 is 6.18 Å². The van der Waals surface area contributed by atoms with Gasteiger partial charge in [-0.1, -0.05) is 12.1 Å². The van der Waals surface area contributed by atoms with Crippen molar-refractivity contribution in [2.75, 3.05) is 6.61 Å². The number of alkyl halides is 3. The molecule has 28 heavy (non-hydrogen) atoms. The second-order valence-corrected chi connectivity index (χ2v) is 6.45. The third-order valence-corrected chi connectivity index (χ3v) is 4.12. The minimum Gasteiger partial charge on any atom is -0.484 e. The maximum absolute atomic E-state index is 12.7. The molecule has 0 aliphatic heterocycles. The van der Waals surface area contributed by atoms with E-state index in [0.717, 1.165) is 5.56 Å². The van der Waals surface area contributed by atoms with Crippen LogP contribution in [0, 0.1) is 13.8 Å². The fraction of sp³-hybridized carbons (Fsp3) is 0.316. The van der Waals surface area contributed by atoms with E-state index in [-0.39, 0.29) is 18.2 Å². The number of aryl methyl sites for hydroxylation is 3. The van der Waals surface area contributed by atoms with Crippen molar-refractivity contribution in [3.05, 3.63) is 52.8 Å². The maximum atomic E-state index is 12.7. The quantitative estimate of drug-likeness (QED) is 0.722. The molecule has 2 aromatic heterocycles. The van der Waals surface area contributed by atoms with Crippen molar-refractivity contribution in [2.24, 2.45) is 7.05 Å². The van der Waals surface area contributed by atoms with Gasteiger partial charge in [0.05, 0.1) is 16.6 Å². The minimum atomic E-state index is -4.38. The zero-order valence-corrected chi connectivity index (χ0v) is 15.6. The number of fused-ring (bicyclic) bond motifs is 1. The summed E-state index contributed by atoms with van der Waals surface area (Å²) in [6.45, 7) is 2.50. The van der Waals surface area contributed by atoms with E-state index in [2.05, 4.69) is 20.1 Å². The van der Waals surface area contributed by atoms with Crippen LogP contribution in [0.5, 0.6) is 5.75 Å². The summed E-state index contributed by atoms with van der Waals surface area (Å²) in [5, 5.41) is 7.84.